The molecule has 0 spiro atoms. The van der Waals surface area contributed by atoms with Crippen LogP contribution in [0.25, 0.3) is 0 Å². The topological polar surface area (TPSA) is 133 Å². The fraction of sp³-hybridized carbons (Fsp3) is 0.308. The number of hydrogen-bond acceptors (Lipinski definition) is 6. The molecule has 0 heterocycles. The number of nitrogens with one attached hydrogen (secondary N) is 3. The lowest BCUT2D eigenvalue weighted by molar-refractivity contribution is -0.122. The van der Waals surface area contributed by atoms with Crippen LogP contribution in [0.4, 0.5) is 21.9 Å². The van der Waals surface area contributed by atoms with Crippen molar-refractivity contribution in [3.8, 4) is 29.1 Å². The molecule has 0 aliphatic carbocycles. The van der Waals surface area contributed by atoms with Crippen LogP contribution in [0.5, 0.6) is 23.0 Å². The van der Waals surface area contributed by atoms with Crippen molar-refractivity contribution in [1.29, 1.82) is 5.26 Å². The lowest BCUT2D eigenvalue weighted by Crippen LogP contribution is -2.30. The standard InChI is InChI=1S/C39H44N4O5/c1-24-9-18-34(25(2)19-24)47-26(3)36(45)42-32-20-33(44)31(43-37(46)41-29-14-10-27(22-40)11-15-29)21-35(32)48-30-16-12-28(13-17-30)39(7,8)23-38(4,5)6/h9-21,26,44H,23H2,1-8H3,(H,42,45)(H2,41,43,46). The molecule has 4 rings (SSSR count). The second-order valence-corrected chi connectivity index (χ2v) is 13.9. The third kappa shape index (κ3) is 9.52. The average molecular weight is 649 g/mol. The predicted molar refractivity (Wildman–Crippen MR) is 190 cm³/mol. The van der Waals surface area contributed by atoms with Gasteiger partial charge in [-0.05, 0) is 91.6 Å². The van der Waals surface area contributed by atoms with E-state index in [1.807, 2.05) is 62.4 Å². The van der Waals surface area contributed by atoms with E-state index in [1.165, 1.54) is 12.1 Å². The van der Waals surface area contributed by atoms with Crippen LogP contribution in [0.15, 0.2) is 78.9 Å². The minimum Gasteiger partial charge on any atom is -0.506 e. The summed E-state index contributed by atoms with van der Waals surface area (Å²) in [5.74, 6) is 0.520. The van der Waals surface area contributed by atoms with Crippen LogP contribution >= 0.6 is 0 Å². The Hall–Kier alpha value is -5.49. The molecule has 0 saturated heterocycles. The number of aryl methyl sites for hydroxylation is 2. The Morgan fingerprint density at radius 1 is 0.833 bits per heavy atom. The summed E-state index contributed by atoms with van der Waals surface area (Å²) < 4.78 is 12.2. The molecule has 1 unspecified atom stereocenters. The molecule has 0 radical (unpaired) electrons. The first-order valence-corrected chi connectivity index (χ1v) is 15.8. The molecule has 9 heteroatoms. The van der Waals surface area contributed by atoms with Crippen molar-refractivity contribution in [3.05, 3.63) is 101 Å². The van der Waals surface area contributed by atoms with Gasteiger partial charge in [-0.25, -0.2) is 4.79 Å². The zero-order valence-corrected chi connectivity index (χ0v) is 28.8. The molecular weight excluding hydrogens is 604 g/mol. The van der Waals surface area contributed by atoms with Crippen LogP contribution in [0.3, 0.4) is 0 Å². The number of phenols is 1. The van der Waals surface area contributed by atoms with E-state index >= 15 is 0 Å². The monoisotopic (exact) mass is 648 g/mol. The number of hydrogen-bond donors (Lipinski definition) is 4. The minimum absolute atomic E-state index is 0.0525. The largest absolute Gasteiger partial charge is 0.506 e. The summed E-state index contributed by atoms with van der Waals surface area (Å²) in [6.07, 6.45) is 0.109. The fourth-order valence-corrected chi connectivity index (χ4v) is 5.70. The minimum atomic E-state index is -0.873. The first kappa shape index (κ1) is 35.4. The van der Waals surface area contributed by atoms with Crippen LogP contribution in [-0.4, -0.2) is 23.1 Å². The number of carbonyl (C=O) groups excluding carboxylic acids is 2. The molecule has 0 bridgehead atoms. The number of aromatic hydroxyl groups is 1. The predicted octanol–water partition coefficient (Wildman–Crippen LogP) is 9.44. The Balaban J connectivity index is 1.60. The normalized spacial score (nSPS) is 12.0. The van der Waals surface area contributed by atoms with Gasteiger partial charge >= 0.3 is 6.03 Å². The maximum Gasteiger partial charge on any atom is 0.323 e. The number of ether oxygens (including phenoxy) is 2. The fourth-order valence-electron chi connectivity index (χ4n) is 5.70. The molecule has 9 nitrogen and oxygen atoms in total. The highest BCUT2D eigenvalue weighted by atomic mass is 16.5. The maximum absolute atomic E-state index is 13.3. The third-order valence-electron chi connectivity index (χ3n) is 7.72. The van der Waals surface area contributed by atoms with Crippen LogP contribution in [0.2, 0.25) is 0 Å². The van der Waals surface area contributed by atoms with Crippen LogP contribution < -0.4 is 25.4 Å². The van der Waals surface area contributed by atoms with E-state index in [4.69, 9.17) is 14.7 Å². The average Bonchev–Trinajstić information content (AvgIpc) is 3.00. The number of carbonyl (C=O) groups is 2. The third-order valence-corrected chi connectivity index (χ3v) is 7.72. The first-order chi connectivity index (χ1) is 22.5. The van der Waals surface area contributed by atoms with Crippen LogP contribution in [0, 0.1) is 30.6 Å². The highest BCUT2D eigenvalue weighted by Gasteiger charge is 2.27. The Bertz CT molecular complexity index is 1820. The Kier molecular flexibility index (Phi) is 10.7. The second-order valence-electron chi connectivity index (χ2n) is 13.9. The first-order valence-electron chi connectivity index (χ1n) is 15.8. The summed E-state index contributed by atoms with van der Waals surface area (Å²) in [5, 5.41) is 28.1. The number of benzene rings is 4. The Labute approximate surface area is 282 Å². The molecule has 4 aromatic rings. The molecule has 0 aliphatic rings. The van der Waals surface area contributed by atoms with E-state index in [2.05, 4.69) is 50.6 Å². The van der Waals surface area contributed by atoms with Gasteiger partial charge in [0.25, 0.3) is 5.91 Å². The summed E-state index contributed by atoms with van der Waals surface area (Å²) in [6, 6.07) is 24.0. The molecule has 0 aliphatic heterocycles. The lowest BCUT2D eigenvalue weighted by atomic mass is 9.72. The maximum atomic E-state index is 13.3. The highest BCUT2D eigenvalue weighted by molar-refractivity contribution is 6.02. The molecule has 0 fully saturated rings. The van der Waals surface area contributed by atoms with Gasteiger partial charge in [-0.1, -0.05) is 64.4 Å². The van der Waals surface area contributed by atoms with E-state index in [1.54, 1.807) is 31.2 Å². The summed E-state index contributed by atoms with van der Waals surface area (Å²) >= 11 is 0. The number of rotatable bonds is 10. The van der Waals surface area contributed by atoms with Gasteiger partial charge in [-0.15, -0.1) is 0 Å². The molecule has 48 heavy (non-hydrogen) atoms. The van der Waals surface area contributed by atoms with Gasteiger partial charge < -0.3 is 30.5 Å². The number of nitrogens with zero attached hydrogens (tertiary/aromatic N) is 1. The van der Waals surface area contributed by atoms with Crippen molar-refractivity contribution in [2.75, 3.05) is 16.0 Å². The smallest absolute Gasteiger partial charge is 0.323 e. The summed E-state index contributed by atoms with van der Waals surface area (Å²) in [7, 11) is 0. The number of anilines is 3. The molecule has 3 amide bonds. The van der Waals surface area contributed by atoms with Crippen molar-refractivity contribution in [2.24, 2.45) is 5.41 Å². The van der Waals surface area contributed by atoms with Crippen LogP contribution in [0.1, 0.15) is 70.2 Å². The quantitative estimate of drug-likeness (QED) is 0.127. The Morgan fingerprint density at radius 2 is 1.50 bits per heavy atom. The van der Waals surface area contributed by atoms with Crippen molar-refractivity contribution >= 4 is 29.0 Å². The molecule has 1 atom stereocenters. The highest BCUT2D eigenvalue weighted by Crippen LogP contribution is 2.40. The zero-order valence-electron chi connectivity index (χ0n) is 28.8. The van der Waals surface area contributed by atoms with Crippen molar-refractivity contribution < 1.29 is 24.2 Å². The molecular formula is C39H44N4O5. The van der Waals surface area contributed by atoms with E-state index in [0.717, 1.165) is 23.1 Å². The van der Waals surface area contributed by atoms with Crippen molar-refractivity contribution in [3.63, 3.8) is 0 Å². The molecule has 0 aromatic heterocycles. The number of phenolic OH excluding ortho intramolecular Hbond substituents is 1. The molecule has 250 valence electrons. The van der Waals surface area contributed by atoms with Gasteiger partial charge in [-0.2, -0.15) is 5.26 Å². The number of urea groups is 1. The van der Waals surface area contributed by atoms with Crippen LogP contribution in [-0.2, 0) is 10.2 Å². The van der Waals surface area contributed by atoms with Gasteiger partial charge in [0.1, 0.15) is 17.2 Å². The van der Waals surface area contributed by atoms with Gasteiger partial charge in [0.15, 0.2) is 11.9 Å². The van der Waals surface area contributed by atoms with Crippen molar-refractivity contribution in [2.45, 2.75) is 73.3 Å². The summed E-state index contributed by atoms with van der Waals surface area (Å²) in [6.45, 7) is 16.6. The van der Waals surface area contributed by atoms with Gasteiger partial charge in [0.05, 0.1) is 23.0 Å². The summed E-state index contributed by atoms with van der Waals surface area (Å²) in [4.78, 5) is 26.2. The number of nitriles is 1. The van der Waals surface area contributed by atoms with E-state index in [9.17, 15) is 14.7 Å². The number of amides is 3. The van der Waals surface area contributed by atoms with Gasteiger partial charge in [-0.3, -0.25) is 4.79 Å². The van der Waals surface area contributed by atoms with Gasteiger partial charge in [0.2, 0.25) is 0 Å². The summed E-state index contributed by atoms with van der Waals surface area (Å²) in [5.41, 5.74) is 4.37. The Morgan fingerprint density at radius 3 is 2.10 bits per heavy atom. The molecule has 0 saturated carbocycles. The van der Waals surface area contributed by atoms with E-state index < -0.39 is 18.0 Å². The van der Waals surface area contributed by atoms with Gasteiger partial charge in [0, 0.05) is 17.8 Å². The van der Waals surface area contributed by atoms with Crippen molar-refractivity contribution in [1.82, 2.24) is 0 Å². The zero-order chi connectivity index (χ0) is 35.2. The molecule has 4 aromatic carbocycles. The van der Waals surface area contributed by atoms with E-state index in [-0.39, 0.29) is 33.7 Å². The SMILES string of the molecule is Cc1ccc(OC(C)C(=O)Nc2cc(O)c(NC(=O)Nc3ccc(C#N)cc3)cc2Oc2ccc(C(C)(C)CC(C)(C)C)cc2)c(C)c1. The molecule has 4 N–H and O–H groups in total. The van der Waals surface area contributed by atoms with E-state index in [0.29, 0.717) is 22.7 Å². The second kappa shape index (κ2) is 14.5. The lowest BCUT2D eigenvalue weighted by Gasteiger charge is -2.33.